The molecule has 1 aliphatic rings. The van der Waals surface area contributed by atoms with Gasteiger partial charge in [-0.15, -0.1) is 0 Å². The van der Waals surface area contributed by atoms with Gasteiger partial charge in [0.2, 0.25) is 0 Å². The van der Waals surface area contributed by atoms with Crippen molar-refractivity contribution in [1.29, 1.82) is 0 Å². The van der Waals surface area contributed by atoms with Gasteiger partial charge in [0.15, 0.2) is 16.6 Å². The Kier molecular flexibility index (Phi) is 7.58. The molecule has 32 heavy (non-hydrogen) atoms. The van der Waals surface area contributed by atoms with Gasteiger partial charge < -0.3 is 24.3 Å². The van der Waals surface area contributed by atoms with Crippen LogP contribution in [0, 0.1) is 0 Å². The summed E-state index contributed by atoms with van der Waals surface area (Å²) in [4.78, 5) is 14.7. The standard InChI is InChI=1S/C24H28N2O5S/c1-6-13-31-19-12-11-16(14-20(19)29-4)22-21(23(27)30-5)15(2)26(24(32)25-22)17-9-7-8-10-18(17)28-3/h7-12,14,22H,6,13H2,1-5H3,(H,25,32). The van der Waals surface area contributed by atoms with E-state index in [1.54, 1.807) is 19.1 Å². The quantitative estimate of drug-likeness (QED) is 0.464. The number of anilines is 1. The molecule has 8 heteroatoms. The Balaban J connectivity index is 2.11. The van der Waals surface area contributed by atoms with Gasteiger partial charge in [-0.05, 0) is 55.4 Å². The number of rotatable bonds is 8. The highest BCUT2D eigenvalue weighted by Gasteiger charge is 2.36. The zero-order chi connectivity index (χ0) is 23.3. The van der Waals surface area contributed by atoms with Crippen molar-refractivity contribution in [3.05, 3.63) is 59.3 Å². The molecule has 0 amide bonds. The number of carbonyl (C=O) groups is 1. The van der Waals surface area contributed by atoms with E-state index in [1.165, 1.54) is 7.11 Å². The van der Waals surface area contributed by atoms with Crippen molar-refractivity contribution >= 4 is 29.0 Å². The zero-order valence-electron chi connectivity index (χ0n) is 18.9. The minimum absolute atomic E-state index is 0.440. The molecule has 7 nitrogen and oxygen atoms in total. The van der Waals surface area contributed by atoms with Gasteiger partial charge in [0.05, 0.1) is 45.2 Å². The van der Waals surface area contributed by atoms with Gasteiger partial charge in [-0.3, -0.25) is 4.90 Å². The Morgan fingerprint density at radius 3 is 2.44 bits per heavy atom. The Labute approximate surface area is 193 Å². The van der Waals surface area contributed by atoms with Crippen molar-refractivity contribution < 1.29 is 23.7 Å². The highest BCUT2D eigenvalue weighted by Crippen LogP contribution is 2.39. The van der Waals surface area contributed by atoms with E-state index in [2.05, 4.69) is 5.32 Å². The summed E-state index contributed by atoms with van der Waals surface area (Å²) >= 11 is 5.71. The Morgan fingerprint density at radius 1 is 1.06 bits per heavy atom. The fourth-order valence-electron chi connectivity index (χ4n) is 3.67. The molecule has 0 aromatic heterocycles. The molecule has 170 valence electrons. The number of para-hydroxylation sites is 2. The monoisotopic (exact) mass is 456 g/mol. The SMILES string of the molecule is CCCOc1ccc(C2NC(=S)N(c3ccccc3OC)C(C)=C2C(=O)OC)cc1OC. The lowest BCUT2D eigenvalue weighted by Gasteiger charge is -2.38. The molecule has 1 aliphatic heterocycles. The molecule has 0 fully saturated rings. The minimum atomic E-state index is -0.518. The molecule has 2 aromatic carbocycles. The number of carbonyl (C=O) groups excluding carboxylic acids is 1. The number of nitrogens with one attached hydrogen (secondary N) is 1. The smallest absolute Gasteiger partial charge is 0.337 e. The van der Waals surface area contributed by atoms with E-state index < -0.39 is 12.0 Å². The van der Waals surface area contributed by atoms with Crippen LogP contribution < -0.4 is 24.4 Å². The van der Waals surface area contributed by atoms with Crippen molar-refractivity contribution in [3.8, 4) is 17.2 Å². The first-order valence-electron chi connectivity index (χ1n) is 10.3. The highest BCUT2D eigenvalue weighted by atomic mass is 32.1. The van der Waals surface area contributed by atoms with E-state index in [4.69, 9.17) is 31.2 Å². The van der Waals surface area contributed by atoms with E-state index in [-0.39, 0.29) is 0 Å². The Morgan fingerprint density at radius 2 is 1.78 bits per heavy atom. The second kappa shape index (κ2) is 10.4. The van der Waals surface area contributed by atoms with Crippen LogP contribution in [-0.2, 0) is 9.53 Å². The predicted molar refractivity (Wildman–Crippen MR) is 127 cm³/mol. The van der Waals surface area contributed by atoms with Crippen LogP contribution >= 0.6 is 12.2 Å². The summed E-state index contributed by atoms with van der Waals surface area (Å²) < 4.78 is 21.9. The first-order chi connectivity index (χ1) is 15.5. The van der Waals surface area contributed by atoms with Crippen LogP contribution in [0.3, 0.4) is 0 Å². The summed E-state index contributed by atoms with van der Waals surface area (Å²) in [7, 11) is 4.54. The maximum atomic E-state index is 12.9. The maximum Gasteiger partial charge on any atom is 0.337 e. The molecule has 0 spiro atoms. The number of thiocarbonyl (C=S) groups is 1. The van der Waals surface area contributed by atoms with E-state index in [0.29, 0.717) is 40.2 Å². The van der Waals surface area contributed by atoms with Gasteiger partial charge in [0.25, 0.3) is 0 Å². The van der Waals surface area contributed by atoms with Crippen molar-refractivity contribution in [1.82, 2.24) is 5.32 Å². The van der Waals surface area contributed by atoms with Gasteiger partial charge in [0.1, 0.15) is 5.75 Å². The molecule has 0 bridgehead atoms. The molecule has 3 rings (SSSR count). The molecule has 2 aromatic rings. The topological polar surface area (TPSA) is 69.3 Å². The number of ether oxygens (including phenoxy) is 4. The molecular formula is C24H28N2O5S. The van der Waals surface area contributed by atoms with Gasteiger partial charge in [-0.1, -0.05) is 25.1 Å². The van der Waals surface area contributed by atoms with E-state index in [1.807, 2.05) is 56.3 Å². The Hall–Kier alpha value is -3.26. The van der Waals surface area contributed by atoms with Crippen molar-refractivity contribution in [3.63, 3.8) is 0 Å². The molecule has 0 saturated heterocycles. The van der Waals surface area contributed by atoms with Crippen LogP contribution in [0.4, 0.5) is 5.69 Å². The number of nitrogens with zero attached hydrogens (tertiary/aromatic N) is 1. The first-order valence-corrected chi connectivity index (χ1v) is 10.7. The molecule has 0 radical (unpaired) electrons. The first kappa shape index (κ1) is 23.4. The second-order valence-electron chi connectivity index (χ2n) is 7.14. The minimum Gasteiger partial charge on any atom is -0.495 e. The number of benzene rings is 2. The lowest BCUT2D eigenvalue weighted by atomic mass is 9.94. The molecule has 1 unspecified atom stereocenters. The zero-order valence-corrected chi connectivity index (χ0v) is 19.7. The number of esters is 1. The normalized spacial score (nSPS) is 15.8. The van der Waals surface area contributed by atoms with Crippen LogP contribution in [0.2, 0.25) is 0 Å². The highest BCUT2D eigenvalue weighted by molar-refractivity contribution is 7.80. The summed E-state index contributed by atoms with van der Waals surface area (Å²) in [6.07, 6.45) is 0.885. The van der Waals surface area contributed by atoms with Gasteiger partial charge in [-0.2, -0.15) is 0 Å². The molecule has 0 aliphatic carbocycles. The van der Waals surface area contributed by atoms with E-state index in [9.17, 15) is 4.79 Å². The van der Waals surface area contributed by atoms with Crippen molar-refractivity contribution in [2.24, 2.45) is 0 Å². The summed E-state index contributed by atoms with van der Waals surface area (Å²) in [5.74, 6) is 1.41. The third-order valence-corrected chi connectivity index (χ3v) is 5.50. The van der Waals surface area contributed by atoms with E-state index >= 15 is 0 Å². The van der Waals surface area contributed by atoms with Crippen LogP contribution in [0.1, 0.15) is 31.9 Å². The van der Waals surface area contributed by atoms with Gasteiger partial charge >= 0.3 is 5.97 Å². The summed E-state index contributed by atoms with van der Waals surface area (Å²) in [5.41, 5.74) is 2.62. The fraction of sp³-hybridized carbons (Fsp3) is 0.333. The van der Waals surface area contributed by atoms with Crippen molar-refractivity contribution in [2.75, 3.05) is 32.8 Å². The third-order valence-electron chi connectivity index (χ3n) is 5.20. The number of methoxy groups -OCH3 is 3. The molecular weight excluding hydrogens is 428 g/mol. The predicted octanol–water partition coefficient (Wildman–Crippen LogP) is 4.38. The molecule has 1 heterocycles. The average Bonchev–Trinajstić information content (AvgIpc) is 2.82. The summed E-state index contributed by atoms with van der Waals surface area (Å²) in [6.45, 7) is 4.47. The van der Waals surface area contributed by atoms with E-state index in [0.717, 1.165) is 17.7 Å². The lowest BCUT2D eigenvalue weighted by molar-refractivity contribution is -0.136. The van der Waals surface area contributed by atoms with Crippen LogP contribution in [0.25, 0.3) is 0 Å². The van der Waals surface area contributed by atoms with Gasteiger partial charge in [0, 0.05) is 5.70 Å². The number of hydrogen-bond acceptors (Lipinski definition) is 6. The summed E-state index contributed by atoms with van der Waals surface area (Å²) in [6, 6.07) is 12.5. The molecule has 1 atom stereocenters. The van der Waals surface area contributed by atoms with Crippen LogP contribution in [0.5, 0.6) is 17.2 Å². The second-order valence-corrected chi connectivity index (χ2v) is 7.53. The third kappa shape index (κ3) is 4.50. The number of allylic oxidation sites excluding steroid dienone is 1. The fourth-order valence-corrected chi connectivity index (χ4v) is 4.02. The van der Waals surface area contributed by atoms with Crippen LogP contribution in [-0.4, -0.2) is 39.0 Å². The van der Waals surface area contributed by atoms with Crippen molar-refractivity contribution in [2.45, 2.75) is 26.3 Å². The lowest BCUT2D eigenvalue weighted by Crippen LogP contribution is -2.48. The van der Waals surface area contributed by atoms with Crippen LogP contribution in [0.15, 0.2) is 53.7 Å². The Bertz CT molecular complexity index is 1040. The summed E-state index contributed by atoms with van der Waals surface area (Å²) in [5, 5.41) is 3.73. The van der Waals surface area contributed by atoms with Gasteiger partial charge in [-0.25, -0.2) is 4.79 Å². The number of hydrogen-bond donors (Lipinski definition) is 1. The maximum absolute atomic E-state index is 12.9. The largest absolute Gasteiger partial charge is 0.495 e. The average molecular weight is 457 g/mol. The molecule has 1 N–H and O–H groups in total. The molecule has 0 saturated carbocycles.